The Kier molecular flexibility index (Phi) is 4.28. The van der Waals surface area contributed by atoms with Crippen molar-refractivity contribution in [1.82, 2.24) is 24.6 Å². The summed E-state index contributed by atoms with van der Waals surface area (Å²) in [5.74, 6) is 0.881. The average molecular weight is 380 g/mol. The second kappa shape index (κ2) is 6.76. The molecule has 0 bridgehead atoms. The molecule has 0 aromatic carbocycles. The first kappa shape index (κ1) is 17.1. The molecule has 0 spiro atoms. The quantitative estimate of drug-likeness (QED) is 0.567. The molecule has 0 aliphatic carbocycles. The van der Waals surface area contributed by atoms with Gasteiger partial charge in [0.2, 0.25) is 5.82 Å². The van der Waals surface area contributed by atoms with E-state index in [4.69, 9.17) is 0 Å². The van der Waals surface area contributed by atoms with Crippen molar-refractivity contribution in [3.05, 3.63) is 66.7 Å². The summed E-state index contributed by atoms with van der Waals surface area (Å²) in [5, 5.41) is 7.75. The summed E-state index contributed by atoms with van der Waals surface area (Å²) in [4.78, 5) is 13.0. The third kappa shape index (κ3) is 3.93. The highest BCUT2D eigenvalue weighted by molar-refractivity contribution is 7.89. The van der Waals surface area contributed by atoms with Gasteiger partial charge in [-0.25, -0.2) is 22.9 Å². The number of sulfone groups is 1. The number of nitrogens with one attached hydrogen (secondary N) is 1. The van der Waals surface area contributed by atoms with Gasteiger partial charge in [-0.15, -0.1) is 5.10 Å². The summed E-state index contributed by atoms with van der Waals surface area (Å²) in [5.41, 5.74) is 2.61. The van der Waals surface area contributed by atoms with E-state index < -0.39 is 9.84 Å². The lowest BCUT2D eigenvalue weighted by Crippen LogP contribution is -2.06. The van der Waals surface area contributed by atoms with E-state index in [2.05, 4.69) is 25.4 Å². The van der Waals surface area contributed by atoms with E-state index in [1.165, 1.54) is 6.26 Å². The number of hydrogen-bond donors (Lipinski definition) is 1. The average Bonchev–Trinajstić information content (AvgIpc) is 3.10. The highest BCUT2D eigenvalue weighted by Crippen LogP contribution is 2.23. The van der Waals surface area contributed by atoms with Gasteiger partial charge >= 0.3 is 0 Å². The summed E-state index contributed by atoms with van der Waals surface area (Å²) in [6, 6.07) is 12.6. The molecule has 4 aromatic rings. The standard InChI is InChI=1S/C18H16N6O2S/c1-27(25,26)12-14-4-2-5-15(20-14)17-22-18(16-6-3-11-24(16)23-17)21-13-7-9-19-10-8-13/h2-11H,12H2,1H3,(H,19,21,22,23). The summed E-state index contributed by atoms with van der Waals surface area (Å²) < 4.78 is 24.8. The highest BCUT2D eigenvalue weighted by atomic mass is 32.2. The van der Waals surface area contributed by atoms with Crippen molar-refractivity contribution >= 4 is 26.9 Å². The van der Waals surface area contributed by atoms with E-state index in [0.717, 1.165) is 11.2 Å². The van der Waals surface area contributed by atoms with Gasteiger partial charge in [-0.3, -0.25) is 4.98 Å². The summed E-state index contributed by atoms with van der Waals surface area (Å²) in [6.45, 7) is 0. The predicted octanol–water partition coefficient (Wildman–Crippen LogP) is 2.47. The number of hydrogen-bond acceptors (Lipinski definition) is 7. The van der Waals surface area contributed by atoms with Crippen LogP contribution in [-0.4, -0.2) is 39.2 Å². The van der Waals surface area contributed by atoms with E-state index in [-0.39, 0.29) is 5.75 Å². The monoisotopic (exact) mass is 380 g/mol. The minimum Gasteiger partial charge on any atom is -0.338 e. The van der Waals surface area contributed by atoms with Crippen LogP contribution in [0.25, 0.3) is 17.0 Å². The molecule has 1 N–H and O–H groups in total. The van der Waals surface area contributed by atoms with Gasteiger partial charge < -0.3 is 5.32 Å². The minimum absolute atomic E-state index is 0.130. The van der Waals surface area contributed by atoms with Gasteiger partial charge in [-0.05, 0) is 36.4 Å². The molecule has 9 heteroatoms. The molecule has 4 heterocycles. The maximum Gasteiger partial charge on any atom is 0.200 e. The highest BCUT2D eigenvalue weighted by Gasteiger charge is 2.13. The van der Waals surface area contributed by atoms with Crippen LogP contribution in [0.15, 0.2) is 61.1 Å². The van der Waals surface area contributed by atoms with E-state index in [9.17, 15) is 8.42 Å². The number of aromatic nitrogens is 5. The van der Waals surface area contributed by atoms with Crippen molar-refractivity contribution in [2.75, 3.05) is 11.6 Å². The molecular formula is C18H16N6O2S. The topological polar surface area (TPSA) is 102 Å². The maximum absolute atomic E-state index is 11.6. The Morgan fingerprint density at radius 2 is 1.85 bits per heavy atom. The molecule has 0 aliphatic rings. The molecule has 0 radical (unpaired) electrons. The maximum atomic E-state index is 11.6. The lowest BCUT2D eigenvalue weighted by atomic mass is 10.3. The fourth-order valence-electron chi connectivity index (χ4n) is 2.66. The lowest BCUT2D eigenvalue weighted by molar-refractivity contribution is 0.600. The zero-order chi connectivity index (χ0) is 18.9. The van der Waals surface area contributed by atoms with E-state index in [1.807, 2.05) is 30.5 Å². The van der Waals surface area contributed by atoms with Crippen LogP contribution in [0.2, 0.25) is 0 Å². The second-order valence-corrected chi connectivity index (χ2v) is 8.21. The normalized spacial score (nSPS) is 11.6. The summed E-state index contributed by atoms with van der Waals surface area (Å²) >= 11 is 0. The molecular weight excluding hydrogens is 364 g/mol. The van der Waals surface area contributed by atoms with Crippen LogP contribution >= 0.6 is 0 Å². The Hall–Kier alpha value is -3.33. The van der Waals surface area contributed by atoms with Gasteiger partial charge in [-0.1, -0.05) is 6.07 Å². The molecule has 8 nitrogen and oxygen atoms in total. The first-order valence-corrected chi connectivity index (χ1v) is 10.2. The SMILES string of the molecule is CS(=O)(=O)Cc1cccc(-c2nc(Nc3ccncc3)c3cccn3n2)n1. The van der Waals surface area contributed by atoms with Crippen LogP contribution in [0.3, 0.4) is 0 Å². The van der Waals surface area contributed by atoms with Gasteiger partial charge in [0.1, 0.15) is 11.2 Å². The molecule has 136 valence electrons. The Labute approximate surface area is 155 Å². The molecule has 4 rings (SSSR count). The Morgan fingerprint density at radius 3 is 2.63 bits per heavy atom. The number of nitrogens with zero attached hydrogens (tertiary/aromatic N) is 5. The first-order valence-electron chi connectivity index (χ1n) is 8.14. The van der Waals surface area contributed by atoms with Crippen molar-refractivity contribution in [1.29, 1.82) is 0 Å². The smallest absolute Gasteiger partial charge is 0.200 e. The zero-order valence-electron chi connectivity index (χ0n) is 14.4. The molecule has 0 fully saturated rings. The van der Waals surface area contributed by atoms with Gasteiger partial charge in [-0.2, -0.15) is 0 Å². The number of fused-ring (bicyclic) bond motifs is 1. The minimum atomic E-state index is -3.18. The fourth-order valence-corrected chi connectivity index (χ4v) is 3.36. The zero-order valence-corrected chi connectivity index (χ0v) is 15.3. The Morgan fingerprint density at radius 1 is 1.04 bits per heavy atom. The molecule has 27 heavy (non-hydrogen) atoms. The summed E-state index contributed by atoms with van der Waals surface area (Å²) in [7, 11) is -3.18. The molecule has 4 aromatic heterocycles. The van der Waals surface area contributed by atoms with Crippen molar-refractivity contribution in [2.45, 2.75) is 5.75 Å². The fraction of sp³-hybridized carbons (Fsp3) is 0.111. The molecule has 0 unspecified atom stereocenters. The third-order valence-electron chi connectivity index (χ3n) is 3.78. The van der Waals surface area contributed by atoms with Crippen molar-refractivity contribution in [3.8, 4) is 11.5 Å². The van der Waals surface area contributed by atoms with Crippen LogP contribution in [0.4, 0.5) is 11.5 Å². The van der Waals surface area contributed by atoms with Gasteiger partial charge in [0.15, 0.2) is 15.7 Å². The third-order valence-corrected chi connectivity index (χ3v) is 4.60. The molecule has 0 saturated heterocycles. The molecule has 0 saturated carbocycles. The number of rotatable bonds is 5. The number of pyridine rings is 2. The van der Waals surface area contributed by atoms with Crippen molar-refractivity contribution < 1.29 is 8.42 Å². The van der Waals surface area contributed by atoms with Crippen molar-refractivity contribution in [3.63, 3.8) is 0 Å². The second-order valence-electron chi connectivity index (χ2n) is 6.07. The van der Waals surface area contributed by atoms with E-state index in [1.54, 1.807) is 35.1 Å². The van der Waals surface area contributed by atoms with Crippen LogP contribution in [-0.2, 0) is 15.6 Å². The van der Waals surface area contributed by atoms with E-state index in [0.29, 0.717) is 23.0 Å². The Balaban J connectivity index is 1.78. The summed E-state index contributed by atoms with van der Waals surface area (Å²) in [6.07, 6.45) is 6.38. The Bertz CT molecular complexity index is 1200. The first-order chi connectivity index (χ1) is 13.0. The molecule has 0 atom stereocenters. The van der Waals surface area contributed by atoms with Crippen LogP contribution in [0.1, 0.15) is 5.69 Å². The lowest BCUT2D eigenvalue weighted by Gasteiger charge is -2.10. The van der Waals surface area contributed by atoms with Crippen LogP contribution in [0.5, 0.6) is 0 Å². The number of anilines is 2. The molecule has 0 amide bonds. The van der Waals surface area contributed by atoms with Gasteiger partial charge in [0, 0.05) is 30.5 Å². The van der Waals surface area contributed by atoms with Crippen molar-refractivity contribution in [2.24, 2.45) is 0 Å². The van der Waals surface area contributed by atoms with E-state index >= 15 is 0 Å². The van der Waals surface area contributed by atoms with Gasteiger partial charge in [0.25, 0.3) is 0 Å². The van der Waals surface area contributed by atoms with Crippen LogP contribution < -0.4 is 5.32 Å². The van der Waals surface area contributed by atoms with Gasteiger partial charge in [0.05, 0.1) is 11.4 Å². The van der Waals surface area contributed by atoms with Crippen LogP contribution in [0, 0.1) is 0 Å². The molecule has 0 aliphatic heterocycles. The largest absolute Gasteiger partial charge is 0.338 e. The predicted molar refractivity (Wildman–Crippen MR) is 102 cm³/mol.